The van der Waals surface area contributed by atoms with Crippen LogP contribution in [0.2, 0.25) is 0 Å². The summed E-state index contributed by atoms with van der Waals surface area (Å²) < 4.78 is 5.29. The zero-order chi connectivity index (χ0) is 8.39. The monoisotopic (exact) mass is 203 g/mol. The Morgan fingerprint density at radius 1 is 1.75 bits per heavy atom. The Morgan fingerprint density at radius 2 is 2.67 bits per heavy atom. The molecule has 1 aliphatic rings. The largest absolute Gasteiger partial charge is 0.381 e. The maximum Gasteiger partial charge on any atom is 0.0983 e. The molecule has 4 heteroatoms. The minimum atomic E-state index is 0.518. The van der Waals surface area contributed by atoms with Gasteiger partial charge in [-0.15, -0.1) is 22.9 Å². The van der Waals surface area contributed by atoms with Crippen molar-refractivity contribution in [3.63, 3.8) is 0 Å². The van der Waals surface area contributed by atoms with Crippen molar-refractivity contribution in [2.24, 2.45) is 0 Å². The molecule has 0 aliphatic carbocycles. The van der Waals surface area contributed by atoms with Gasteiger partial charge in [-0.25, -0.2) is 4.98 Å². The second-order valence-corrected chi connectivity index (χ2v) is 4.03. The fourth-order valence-electron chi connectivity index (χ4n) is 1.30. The van der Waals surface area contributed by atoms with Crippen LogP contribution in [0, 0.1) is 0 Å². The number of thiazole rings is 1. The Kier molecular flexibility index (Phi) is 2.63. The van der Waals surface area contributed by atoms with E-state index in [1.54, 1.807) is 11.3 Å². The lowest BCUT2D eigenvalue weighted by Gasteiger charge is -2.00. The first kappa shape index (κ1) is 8.48. The zero-order valence-electron chi connectivity index (χ0n) is 6.62. The molecule has 1 aliphatic heterocycles. The van der Waals surface area contributed by atoms with Gasteiger partial charge < -0.3 is 4.74 Å². The molecule has 1 saturated heterocycles. The summed E-state index contributed by atoms with van der Waals surface area (Å²) in [5.41, 5.74) is 0.989. The smallest absolute Gasteiger partial charge is 0.0983 e. The second-order valence-electron chi connectivity index (χ2n) is 2.87. The molecule has 1 aromatic heterocycles. The third kappa shape index (κ3) is 1.63. The number of halogens is 1. The summed E-state index contributed by atoms with van der Waals surface area (Å²) >= 11 is 7.36. The van der Waals surface area contributed by atoms with E-state index in [1.165, 1.54) is 5.01 Å². The van der Waals surface area contributed by atoms with E-state index in [4.69, 9.17) is 16.3 Å². The Hall–Kier alpha value is -0.120. The van der Waals surface area contributed by atoms with Crippen molar-refractivity contribution in [2.45, 2.75) is 18.2 Å². The molecule has 0 spiro atoms. The second kappa shape index (κ2) is 3.73. The van der Waals surface area contributed by atoms with Gasteiger partial charge in [-0.3, -0.25) is 0 Å². The Morgan fingerprint density at radius 3 is 3.25 bits per heavy atom. The highest BCUT2D eigenvalue weighted by Crippen LogP contribution is 2.27. The standard InChI is InChI=1S/C8H10ClNOS/c9-3-7-5-12-8(10-7)6-1-2-11-4-6/h5-6H,1-4H2. The van der Waals surface area contributed by atoms with Crippen LogP contribution in [0.5, 0.6) is 0 Å². The number of rotatable bonds is 2. The third-order valence-corrected chi connectivity index (χ3v) is 3.32. The average Bonchev–Trinajstić information content (AvgIpc) is 2.75. The van der Waals surface area contributed by atoms with Crippen LogP contribution in [0.1, 0.15) is 23.0 Å². The van der Waals surface area contributed by atoms with Gasteiger partial charge in [0.2, 0.25) is 0 Å². The normalized spacial score (nSPS) is 23.2. The SMILES string of the molecule is ClCc1csc(C2CCOC2)n1. The molecule has 0 aromatic carbocycles. The van der Waals surface area contributed by atoms with E-state index in [-0.39, 0.29) is 0 Å². The average molecular weight is 204 g/mol. The number of nitrogens with zero attached hydrogens (tertiary/aromatic N) is 1. The lowest BCUT2D eigenvalue weighted by Crippen LogP contribution is -1.96. The maximum absolute atomic E-state index is 5.66. The predicted octanol–water partition coefficient (Wildman–Crippen LogP) is 2.39. The Labute approximate surface area is 80.5 Å². The van der Waals surface area contributed by atoms with Crippen molar-refractivity contribution in [3.05, 3.63) is 16.1 Å². The topological polar surface area (TPSA) is 22.1 Å². The highest BCUT2D eigenvalue weighted by Gasteiger charge is 2.20. The number of aromatic nitrogens is 1. The number of hydrogen-bond donors (Lipinski definition) is 0. The number of ether oxygens (including phenoxy) is 1. The molecule has 0 N–H and O–H groups in total. The number of hydrogen-bond acceptors (Lipinski definition) is 3. The molecule has 2 rings (SSSR count). The lowest BCUT2D eigenvalue weighted by molar-refractivity contribution is 0.194. The number of alkyl halides is 1. The molecule has 0 radical (unpaired) electrons. The Bertz CT molecular complexity index is 257. The van der Waals surface area contributed by atoms with Crippen molar-refractivity contribution < 1.29 is 4.74 Å². The van der Waals surface area contributed by atoms with Crippen LogP contribution in [-0.2, 0) is 10.6 Å². The van der Waals surface area contributed by atoms with Gasteiger partial charge in [-0.2, -0.15) is 0 Å². The van der Waals surface area contributed by atoms with Crippen LogP contribution in [0.3, 0.4) is 0 Å². The fourth-order valence-corrected chi connectivity index (χ4v) is 2.47. The molecule has 1 unspecified atom stereocenters. The summed E-state index contributed by atoms with van der Waals surface area (Å²) in [6.07, 6.45) is 1.11. The van der Waals surface area contributed by atoms with Crippen LogP contribution in [-0.4, -0.2) is 18.2 Å². The summed E-state index contributed by atoms with van der Waals surface area (Å²) in [6.45, 7) is 1.70. The Balaban J connectivity index is 2.11. The van der Waals surface area contributed by atoms with E-state index in [2.05, 4.69) is 4.98 Å². The van der Waals surface area contributed by atoms with Gasteiger partial charge in [0.15, 0.2) is 0 Å². The van der Waals surface area contributed by atoms with E-state index >= 15 is 0 Å². The van der Waals surface area contributed by atoms with Crippen molar-refractivity contribution in [2.75, 3.05) is 13.2 Å². The summed E-state index contributed by atoms with van der Waals surface area (Å²) in [4.78, 5) is 4.42. The first-order chi connectivity index (χ1) is 5.90. The van der Waals surface area contributed by atoms with E-state index in [9.17, 15) is 0 Å². The van der Waals surface area contributed by atoms with Gasteiger partial charge in [-0.05, 0) is 6.42 Å². The summed E-state index contributed by atoms with van der Waals surface area (Å²) in [5.74, 6) is 1.04. The summed E-state index contributed by atoms with van der Waals surface area (Å²) in [6, 6.07) is 0. The zero-order valence-corrected chi connectivity index (χ0v) is 8.20. The van der Waals surface area contributed by atoms with Gasteiger partial charge in [0.1, 0.15) is 0 Å². The molecule has 12 heavy (non-hydrogen) atoms. The molecule has 1 fully saturated rings. The van der Waals surface area contributed by atoms with E-state index < -0.39 is 0 Å². The molecule has 0 amide bonds. The van der Waals surface area contributed by atoms with E-state index in [1.807, 2.05) is 5.38 Å². The van der Waals surface area contributed by atoms with E-state index in [0.29, 0.717) is 11.8 Å². The predicted molar refractivity (Wildman–Crippen MR) is 49.8 cm³/mol. The van der Waals surface area contributed by atoms with Crippen LogP contribution in [0.4, 0.5) is 0 Å². The molecule has 0 bridgehead atoms. The van der Waals surface area contributed by atoms with Gasteiger partial charge in [-0.1, -0.05) is 0 Å². The molecule has 1 aromatic rings. The fraction of sp³-hybridized carbons (Fsp3) is 0.625. The van der Waals surface area contributed by atoms with Crippen molar-refractivity contribution in [1.82, 2.24) is 4.98 Å². The van der Waals surface area contributed by atoms with Crippen LogP contribution in [0.15, 0.2) is 5.38 Å². The molecule has 0 saturated carbocycles. The summed E-state index contributed by atoms with van der Waals surface area (Å²) in [7, 11) is 0. The third-order valence-electron chi connectivity index (χ3n) is 1.99. The van der Waals surface area contributed by atoms with Crippen LogP contribution < -0.4 is 0 Å². The highest BCUT2D eigenvalue weighted by atomic mass is 35.5. The molecular formula is C8H10ClNOS. The van der Waals surface area contributed by atoms with Crippen molar-refractivity contribution in [3.8, 4) is 0 Å². The maximum atomic E-state index is 5.66. The van der Waals surface area contributed by atoms with Crippen molar-refractivity contribution in [1.29, 1.82) is 0 Å². The van der Waals surface area contributed by atoms with Gasteiger partial charge in [0.25, 0.3) is 0 Å². The highest BCUT2D eigenvalue weighted by molar-refractivity contribution is 7.09. The minimum Gasteiger partial charge on any atom is -0.381 e. The minimum absolute atomic E-state index is 0.518. The quantitative estimate of drug-likeness (QED) is 0.689. The first-order valence-electron chi connectivity index (χ1n) is 3.98. The molecule has 2 nitrogen and oxygen atoms in total. The lowest BCUT2D eigenvalue weighted by atomic mass is 10.1. The first-order valence-corrected chi connectivity index (χ1v) is 5.39. The van der Waals surface area contributed by atoms with Crippen LogP contribution in [0.25, 0.3) is 0 Å². The molecule has 1 atom stereocenters. The van der Waals surface area contributed by atoms with Gasteiger partial charge in [0.05, 0.1) is 23.2 Å². The molecule has 2 heterocycles. The van der Waals surface area contributed by atoms with Gasteiger partial charge >= 0.3 is 0 Å². The molecular weight excluding hydrogens is 194 g/mol. The molecule has 66 valence electrons. The summed E-state index contributed by atoms with van der Waals surface area (Å²) in [5, 5.41) is 3.21. The van der Waals surface area contributed by atoms with E-state index in [0.717, 1.165) is 25.3 Å². The van der Waals surface area contributed by atoms with Crippen LogP contribution >= 0.6 is 22.9 Å². The van der Waals surface area contributed by atoms with Crippen molar-refractivity contribution >= 4 is 22.9 Å². The van der Waals surface area contributed by atoms with Gasteiger partial charge in [0, 0.05) is 17.9 Å².